The molecule has 5 nitrogen and oxygen atoms in total. The van der Waals surface area contributed by atoms with E-state index in [1.165, 1.54) is 36.5 Å². The molecule has 0 fully saturated rings. The molecular formula is C17H10ClF3N2O3. The molecule has 0 radical (unpaired) electrons. The van der Waals surface area contributed by atoms with Crippen LogP contribution in [0.5, 0.6) is 29.0 Å². The van der Waals surface area contributed by atoms with E-state index in [1.807, 2.05) is 0 Å². The first kappa shape index (κ1) is 17.8. The van der Waals surface area contributed by atoms with E-state index < -0.39 is 35.0 Å². The molecule has 134 valence electrons. The largest absolute Gasteiger partial charge is 0.491 e. The zero-order valence-corrected chi connectivity index (χ0v) is 13.9. The fourth-order valence-electron chi connectivity index (χ4n) is 2.00. The van der Waals surface area contributed by atoms with Gasteiger partial charge in [0.25, 0.3) is 11.8 Å². The van der Waals surface area contributed by atoms with Gasteiger partial charge in [-0.2, -0.15) is 13.8 Å². The molecule has 0 aliphatic carbocycles. The zero-order valence-electron chi connectivity index (χ0n) is 13.2. The Hall–Kier alpha value is -3.00. The second-order valence-electron chi connectivity index (χ2n) is 4.86. The van der Waals surface area contributed by atoms with E-state index in [9.17, 15) is 13.2 Å². The summed E-state index contributed by atoms with van der Waals surface area (Å²) in [6.07, 6.45) is 1.33. The van der Waals surface area contributed by atoms with Crippen LogP contribution in [0.2, 0.25) is 5.15 Å². The van der Waals surface area contributed by atoms with E-state index >= 15 is 0 Å². The summed E-state index contributed by atoms with van der Waals surface area (Å²) in [5.74, 6) is -4.93. The standard InChI is InChI=1S/C17H10ClF3N2O3/c1-24-15-13(20)16(25-10-4-2-3-9(19)7-10)23-17(14(15)21)26-11-5-6-22-12(18)8-11/h2-8H,1H3. The van der Waals surface area contributed by atoms with Crippen molar-refractivity contribution in [3.8, 4) is 29.0 Å². The van der Waals surface area contributed by atoms with E-state index in [1.54, 1.807) is 0 Å². The SMILES string of the molecule is COc1c(F)c(Oc2cccc(F)c2)nc(Oc2ccnc(Cl)c2)c1F. The Morgan fingerprint density at radius 3 is 2.15 bits per heavy atom. The van der Waals surface area contributed by atoms with E-state index in [4.69, 9.17) is 25.8 Å². The van der Waals surface area contributed by atoms with E-state index in [-0.39, 0.29) is 16.7 Å². The van der Waals surface area contributed by atoms with Gasteiger partial charge in [-0.15, -0.1) is 0 Å². The number of halogens is 4. The van der Waals surface area contributed by atoms with E-state index in [2.05, 4.69) is 9.97 Å². The van der Waals surface area contributed by atoms with Crippen molar-refractivity contribution in [3.05, 3.63) is 65.2 Å². The van der Waals surface area contributed by atoms with Crippen LogP contribution in [-0.2, 0) is 0 Å². The Bertz CT molecular complexity index is 885. The highest BCUT2D eigenvalue weighted by Crippen LogP contribution is 2.37. The van der Waals surface area contributed by atoms with Crippen LogP contribution in [0.15, 0.2) is 42.6 Å². The van der Waals surface area contributed by atoms with Crippen LogP contribution in [0.3, 0.4) is 0 Å². The lowest BCUT2D eigenvalue weighted by Gasteiger charge is -2.13. The van der Waals surface area contributed by atoms with Crippen molar-refractivity contribution in [3.63, 3.8) is 0 Å². The van der Waals surface area contributed by atoms with Crippen molar-refractivity contribution in [2.24, 2.45) is 0 Å². The Balaban J connectivity index is 2.01. The number of rotatable bonds is 5. The van der Waals surface area contributed by atoms with Crippen molar-refractivity contribution < 1.29 is 27.4 Å². The molecule has 3 rings (SSSR count). The van der Waals surface area contributed by atoms with Gasteiger partial charge in [-0.05, 0) is 18.2 Å². The van der Waals surface area contributed by atoms with Gasteiger partial charge >= 0.3 is 0 Å². The van der Waals surface area contributed by atoms with Gasteiger partial charge in [-0.25, -0.2) is 9.37 Å². The molecule has 0 saturated heterocycles. The molecule has 0 aliphatic rings. The van der Waals surface area contributed by atoms with Crippen LogP contribution in [0.25, 0.3) is 0 Å². The third-order valence-electron chi connectivity index (χ3n) is 3.10. The third kappa shape index (κ3) is 3.80. The third-order valence-corrected chi connectivity index (χ3v) is 3.31. The molecule has 0 aliphatic heterocycles. The topological polar surface area (TPSA) is 53.5 Å². The van der Waals surface area contributed by atoms with Crippen molar-refractivity contribution in [2.45, 2.75) is 0 Å². The minimum absolute atomic E-state index is 0.0389. The Morgan fingerprint density at radius 2 is 1.58 bits per heavy atom. The summed E-state index contributed by atoms with van der Waals surface area (Å²) in [6.45, 7) is 0. The summed E-state index contributed by atoms with van der Waals surface area (Å²) < 4.78 is 57.2. The Morgan fingerprint density at radius 1 is 0.923 bits per heavy atom. The summed E-state index contributed by atoms with van der Waals surface area (Å²) in [5.41, 5.74) is 0. The monoisotopic (exact) mass is 382 g/mol. The first-order chi connectivity index (χ1) is 12.5. The van der Waals surface area contributed by atoms with Crippen molar-refractivity contribution in [1.82, 2.24) is 9.97 Å². The fraction of sp³-hybridized carbons (Fsp3) is 0.0588. The molecule has 2 aromatic heterocycles. The maximum Gasteiger partial charge on any atom is 0.263 e. The van der Waals surface area contributed by atoms with E-state index in [0.717, 1.165) is 13.2 Å². The number of ether oxygens (including phenoxy) is 3. The maximum atomic E-state index is 14.4. The molecular weight excluding hydrogens is 373 g/mol. The lowest BCUT2D eigenvalue weighted by molar-refractivity contribution is 0.316. The zero-order chi connectivity index (χ0) is 18.7. The molecule has 0 saturated carbocycles. The van der Waals surface area contributed by atoms with Gasteiger partial charge in [0.2, 0.25) is 17.4 Å². The summed E-state index contributed by atoms with van der Waals surface area (Å²) >= 11 is 5.74. The maximum absolute atomic E-state index is 14.4. The smallest absolute Gasteiger partial charge is 0.263 e. The lowest BCUT2D eigenvalue weighted by Crippen LogP contribution is -2.03. The molecule has 2 heterocycles. The number of hydrogen-bond acceptors (Lipinski definition) is 5. The lowest BCUT2D eigenvalue weighted by atomic mass is 10.3. The van der Waals surface area contributed by atoms with Crippen molar-refractivity contribution >= 4 is 11.6 Å². The van der Waals surface area contributed by atoms with Crippen LogP contribution in [0, 0.1) is 17.5 Å². The molecule has 0 unspecified atom stereocenters. The van der Waals surface area contributed by atoms with Crippen molar-refractivity contribution in [2.75, 3.05) is 7.11 Å². The second-order valence-corrected chi connectivity index (χ2v) is 5.25. The van der Waals surface area contributed by atoms with E-state index in [0.29, 0.717) is 0 Å². The van der Waals surface area contributed by atoms with Crippen molar-refractivity contribution in [1.29, 1.82) is 0 Å². The van der Waals surface area contributed by atoms with Gasteiger partial charge in [0.1, 0.15) is 22.5 Å². The highest BCUT2D eigenvalue weighted by atomic mass is 35.5. The molecule has 0 amide bonds. The Labute approximate surface area is 150 Å². The number of benzene rings is 1. The van der Waals surface area contributed by atoms with Crippen LogP contribution < -0.4 is 14.2 Å². The van der Waals surface area contributed by atoms with Gasteiger partial charge in [0, 0.05) is 18.3 Å². The van der Waals surface area contributed by atoms with Gasteiger partial charge in [0.15, 0.2) is 0 Å². The van der Waals surface area contributed by atoms with Crippen LogP contribution in [0.1, 0.15) is 0 Å². The summed E-state index contributed by atoms with van der Waals surface area (Å²) in [6, 6.07) is 7.65. The molecule has 1 aromatic carbocycles. The first-order valence-electron chi connectivity index (χ1n) is 7.13. The summed E-state index contributed by atoms with van der Waals surface area (Å²) in [7, 11) is 1.07. The molecule has 0 N–H and O–H groups in total. The van der Waals surface area contributed by atoms with Gasteiger partial charge in [-0.3, -0.25) is 0 Å². The average Bonchev–Trinajstić information content (AvgIpc) is 2.60. The minimum Gasteiger partial charge on any atom is -0.491 e. The van der Waals surface area contributed by atoms with Crippen LogP contribution in [-0.4, -0.2) is 17.1 Å². The Kier molecular flexibility index (Phi) is 5.13. The first-order valence-corrected chi connectivity index (χ1v) is 7.51. The molecule has 0 atom stereocenters. The fourth-order valence-corrected chi connectivity index (χ4v) is 2.16. The number of nitrogens with zero attached hydrogens (tertiary/aromatic N) is 2. The van der Waals surface area contributed by atoms with Crippen LogP contribution in [0.4, 0.5) is 13.2 Å². The molecule has 26 heavy (non-hydrogen) atoms. The number of methoxy groups -OCH3 is 1. The summed E-state index contributed by atoms with van der Waals surface area (Å²) in [5, 5.41) is 0.105. The predicted octanol–water partition coefficient (Wildman–Crippen LogP) is 5.14. The average molecular weight is 383 g/mol. The molecule has 9 heteroatoms. The normalized spacial score (nSPS) is 10.5. The quantitative estimate of drug-likeness (QED) is 0.572. The van der Waals surface area contributed by atoms with Crippen LogP contribution >= 0.6 is 11.6 Å². The second kappa shape index (κ2) is 7.49. The van der Waals surface area contributed by atoms with Gasteiger partial charge < -0.3 is 14.2 Å². The molecule has 0 spiro atoms. The number of pyridine rings is 2. The van der Waals surface area contributed by atoms with Gasteiger partial charge in [-0.1, -0.05) is 17.7 Å². The molecule has 0 bridgehead atoms. The predicted molar refractivity (Wildman–Crippen MR) is 86.5 cm³/mol. The summed E-state index contributed by atoms with van der Waals surface area (Å²) in [4.78, 5) is 7.43. The highest BCUT2D eigenvalue weighted by molar-refractivity contribution is 6.29. The number of hydrogen-bond donors (Lipinski definition) is 0. The highest BCUT2D eigenvalue weighted by Gasteiger charge is 2.24. The molecule has 3 aromatic rings. The number of aromatic nitrogens is 2. The minimum atomic E-state index is -1.20. The van der Waals surface area contributed by atoms with Gasteiger partial charge in [0.05, 0.1) is 7.11 Å².